The molecule has 14 nitrogen and oxygen atoms in total. The third kappa shape index (κ3) is 16.9. The molecular formula is C41H69F3N6O8Si. The molecule has 18 heteroatoms. The Morgan fingerprint density at radius 1 is 0.780 bits per heavy atom. The monoisotopic (exact) mass is 859 g/mol. The zero-order valence-corrected chi connectivity index (χ0v) is 37.7. The van der Waals surface area contributed by atoms with Crippen molar-refractivity contribution in [1.82, 2.24) is 20.6 Å². The smallest absolute Gasteiger partial charge is 0.408 e. The third-order valence-corrected chi connectivity index (χ3v) is 15.2. The number of aliphatic hydroxyl groups is 1. The van der Waals surface area contributed by atoms with E-state index in [2.05, 4.69) is 65.1 Å². The second kappa shape index (κ2) is 21.0. The molecule has 2 heterocycles. The maximum absolute atomic E-state index is 13.5. The quantitative estimate of drug-likeness (QED) is 0.116. The van der Waals surface area contributed by atoms with Gasteiger partial charge in [0.05, 0.1) is 32.8 Å². The highest BCUT2D eigenvalue weighted by Crippen LogP contribution is 2.39. The topological polar surface area (TPSA) is 196 Å². The van der Waals surface area contributed by atoms with Gasteiger partial charge in [0.15, 0.2) is 8.32 Å². The second-order valence-corrected chi connectivity index (χ2v) is 23.8. The number of alkyl halides is 1. The maximum atomic E-state index is 13.5. The van der Waals surface area contributed by atoms with Crippen molar-refractivity contribution in [3.63, 3.8) is 0 Å². The molecular weight excluding hydrogens is 790 g/mol. The summed E-state index contributed by atoms with van der Waals surface area (Å²) in [5, 5.41) is 21.9. The summed E-state index contributed by atoms with van der Waals surface area (Å²) in [5.74, 6) is -1.01. The normalized spacial score (nSPS) is 22.5. The Morgan fingerprint density at radius 3 is 1.47 bits per heavy atom. The van der Waals surface area contributed by atoms with Gasteiger partial charge in [0, 0.05) is 36.6 Å². The first kappa shape index (κ1) is 49.3. The van der Waals surface area contributed by atoms with Crippen LogP contribution in [0, 0.1) is 11.6 Å². The Balaban J connectivity index is 0.000000398. The molecule has 2 aliphatic rings. The number of aromatic nitrogens is 2. The number of nitrogens with one attached hydrogen (secondary N) is 6. The van der Waals surface area contributed by atoms with Crippen LogP contribution < -0.4 is 32.4 Å². The highest BCUT2D eigenvalue weighted by Gasteiger charge is 2.43. The van der Waals surface area contributed by atoms with Crippen molar-refractivity contribution in [2.75, 3.05) is 31.0 Å². The Labute approximate surface area is 349 Å². The summed E-state index contributed by atoms with van der Waals surface area (Å²) in [4.78, 5) is 53.0. The Hall–Kier alpha value is -4.03. The molecule has 336 valence electrons. The fraction of sp³-hybridized carbons (Fsp3) is 0.707. The van der Waals surface area contributed by atoms with Gasteiger partial charge in [0.2, 0.25) is 0 Å². The van der Waals surface area contributed by atoms with Gasteiger partial charge >= 0.3 is 12.2 Å². The number of aliphatic hydroxyl groups excluding tert-OH is 1. The molecule has 2 fully saturated rings. The van der Waals surface area contributed by atoms with E-state index in [1.54, 1.807) is 20.8 Å². The van der Waals surface area contributed by atoms with Gasteiger partial charge in [0.1, 0.15) is 34.2 Å². The lowest BCUT2D eigenvalue weighted by Gasteiger charge is -2.44. The molecule has 2 aliphatic carbocycles. The van der Waals surface area contributed by atoms with Gasteiger partial charge in [-0.1, -0.05) is 20.8 Å². The number of hydrogen-bond acceptors (Lipinski definition) is 10. The molecule has 0 saturated heterocycles. The van der Waals surface area contributed by atoms with Crippen LogP contribution in [-0.2, 0) is 13.9 Å². The predicted molar refractivity (Wildman–Crippen MR) is 227 cm³/mol. The molecule has 0 aliphatic heterocycles. The average Bonchev–Trinajstić information content (AvgIpc) is 3.11. The van der Waals surface area contributed by atoms with Crippen molar-refractivity contribution < 1.29 is 43.1 Å². The number of halogens is 3. The van der Waals surface area contributed by atoms with Gasteiger partial charge < -0.3 is 50.2 Å². The minimum Gasteiger partial charge on any atom is -0.444 e. The van der Waals surface area contributed by atoms with Crippen LogP contribution in [0.1, 0.15) is 115 Å². The molecule has 0 radical (unpaired) electrons. The molecule has 0 bridgehead atoms. The first-order valence-electron chi connectivity index (χ1n) is 20.7. The summed E-state index contributed by atoms with van der Waals surface area (Å²) in [6, 6.07) is 2.33. The van der Waals surface area contributed by atoms with Crippen LogP contribution in [0.25, 0.3) is 0 Å². The number of carbonyl (C=O) groups is 2. The first-order chi connectivity index (χ1) is 27.6. The van der Waals surface area contributed by atoms with Crippen molar-refractivity contribution in [3.05, 3.63) is 56.9 Å². The zero-order valence-electron chi connectivity index (χ0n) is 37.7. The van der Waals surface area contributed by atoms with E-state index in [9.17, 15) is 37.5 Å². The van der Waals surface area contributed by atoms with E-state index >= 15 is 0 Å². The van der Waals surface area contributed by atoms with Crippen molar-refractivity contribution in [1.29, 1.82) is 0 Å². The fourth-order valence-corrected chi connectivity index (χ4v) is 7.47. The van der Waals surface area contributed by atoms with E-state index in [1.807, 2.05) is 20.8 Å². The highest BCUT2D eigenvalue weighted by molar-refractivity contribution is 6.74. The van der Waals surface area contributed by atoms with Crippen LogP contribution in [0.4, 0.5) is 34.1 Å². The van der Waals surface area contributed by atoms with Crippen LogP contribution in [-0.4, -0.2) is 90.3 Å². The molecule has 0 atom stereocenters. The van der Waals surface area contributed by atoms with Crippen LogP contribution >= 0.6 is 0 Å². The molecule has 0 spiro atoms. The molecule has 0 aromatic carbocycles. The van der Waals surface area contributed by atoms with Gasteiger partial charge in [-0.05, 0) is 111 Å². The Morgan fingerprint density at radius 2 is 1.14 bits per heavy atom. The second-order valence-electron chi connectivity index (χ2n) is 19.0. The number of ether oxygens (including phenoxy) is 2. The SMILES string of the molecule is CC(C)(C)OC(=O)NC1(CO)CCC(Nc2cc(F)c[nH]c2=O)CC1.CC(C)(C)OC(=O)NC1(CO[Si](C)(C)C(C)(C)C)CCC(Nc2cc(F)c[nH]c2=O)CC1.[2H]CF. The molecule has 2 aromatic rings. The van der Waals surface area contributed by atoms with E-state index in [1.165, 1.54) is 6.07 Å². The number of carbonyl (C=O) groups excluding carboxylic acids is 2. The van der Waals surface area contributed by atoms with E-state index in [0.717, 1.165) is 18.5 Å². The van der Waals surface area contributed by atoms with Crippen LogP contribution in [0.15, 0.2) is 34.1 Å². The lowest BCUT2D eigenvalue weighted by molar-refractivity contribution is 0.0333. The summed E-state index contributed by atoms with van der Waals surface area (Å²) in [6.07, 6.45) is 6.04. The van der Waals surface area contributed by atoms with Crippen LogP contribution in [0.2, 0.25) is 18.1 Å². The van der Waals surface area contributed by atoms with Gasteiger partial charge in [-0.15, -0.1) is 0 Å². The van der Waals surface area contributed by atoms with Gasteiger partial charge in [0.25, 0.3) is 11.1 Å². The van der Waals surface area contributed by atoms with E-state index in [4.69, 9.17) is 15.3 Å². The number of pyridine rings is 2. The molecule has 4 rings (SSSR count). The average molecular weight is 860 g/mol. The number of hydrogen-bond donors (Lipinski definition) is 7. The van der Waals surface area contributed by atoms with Gasteiger partial charge in [-0.3, -0.25) is 14.0 Å². The minimum absolute atomic E-state index is 0.000618. The zero-order chi connectivity index (χ0) is 45.7. The lowest BCUT2D eigenvalue weighted by atomic mass is 9.80. The molecule has 2 amide bonds. The fourth-order valence-electron chi connectivity index (χ4n) is 6.40. The summed E-state index contributed by atoms with van der Waals surface area (Å²) in [7, 11) is -3.02. The van der Waals surface area contributed by atoms with Gasteiger partial charge in [-0.25, -0.2) is 18.4 Å². The van der Waals surface area contributed by atoms with E-state index < -0.39 is 61.6 Å². The molecule has 7 N–H and O–H groups in total. The summed E-state index contributed by atoms with van der Waals surface area (Å²) in [5.41, 5.74) is -2.83. The minimum atomic E-state index is -2.02. The highest BCUT2D eigenvalue weighted by atomic mass is 28.4. The molecule has 2 aromatic heterocycles. The number of rotatable bonds is 10. The Kier molecular flexibility index (Phi) is 17.5. The third-order valence-electron chi connectivity index (χ3n) is 10.7. The predicted octanol–water partition coefficient (Wildman–Crippen LogP) is 7.86. The van der Waals surface area contributed by atoms with Crippen LogP contribution in [0.5, 0.6) is 0 Å². The molecule has 2 saturated carbocycles. The van der Waals surface area contributed by atoms with Gasteiger partial charge in [-0.2, -0.15) is 0 Å². The number of aromatic amines is 2. The molecule has 0 unspecified atom stereocenters. The maximum Gasteiger partial charge on any atom is 0.408 e. The summed E-state index contributed by atoms with van der Waals surface area (Å²) < 4.78 is 59.6. The van der Waals surface area contributed by atoms with Crippen molar-refractivity contribution in [2.24, 2.45) is 0 Å². The number of amides is 2. The Bertz CT molecular complexity index is 1800. The standard InChI is InChI=1S/C23H40FN3O4Si.C17H26FN3O4.CH3F/c1-21(2,3)31-20(29)27-23(15-30-32(7,8)22(4,5)6)11-9-17(10-12-23)26-18-13-16(24)14-25-19(18)28;1-16(2,3)25-15(24)21-17(10-22)6-4-12(5-7-17)20-13-8-11(18)9-19-14(13)23;1-2/h13-14,17,26H,9-12,15H2,1-8H3,(H,25,28)(H,27,29);8-9,12,20,22H,4-7,10H2,1-3H3,(H,19,23)(H,21,24);1H3/i;;1D. The van der Waals surface area contributed by atoms with Crippen LogP contribution in [0.3, 0.4) is 0 Å². The van der Waals surface area contributed by atoms with Crippen molar-refractivity contribution >= 4 is 31.9 Å². The lowest BCUT2D eigenvalue weighted by Crippen LogP contribution is -2.58. The molecule has 59 heavy (non-hydrogen) atoms. The largest absolute Gasteiger partial charge is 0.444 e. The summed E-state index contributed by atoms with van der Waals surface area (Å²) in [6.45, 7) is 22.0. The van der Waals surface area contributed by atoms with Crippen molar-refractivity contribution in [2.45, 2.75) is 166 Å². The van der Waals surface area contributed by atoms with E-state index in [-0.39, 0.29) is 46.2 Å². The summed E-state index contributed by atoms with van der Waals surface area (Å²) >= 11 is 0. The van der Waals surface area contributed by atoms with E-state index in [0.29, 0.717) is 58.0 Å². The first-order valence-corrected chi connectivity index (χ1v) is 22.9. The number of alkyl carbamates (subject to hydrolysis) is 2. The van der Waals surface area contributed by atoms with Crippen molar-refractivity contribution in [3.8, 4) is 0 Å². The number of H-pyrrole nitrogens is 2. The number of anilines is 2.